The molecule has 1 aromatic heterocycles. The Morgan fingerprint density at radius 2 is 1.62 bits per heavy atom. The van der Waals surface area contributed by atoms with Gasteiger partial charge < -0.3 is 35.1 Å². The quantitative estimate of drug-likeness (QED) is 0.0486. The average Bonchev–Trinajstić information content (AvgIpc) is 3.69. The number of hydrogen-bond donors (Lipinski definition) is 3. The van der Waals surface area contributed by atoms with E-state index in [2.05, 4.69) is 74.5 Å². The Balaban J connectivity index is 0.000000263. The summed E-state index contributed by atoms with van der Waals surface area (Å²) in [5.74, 6) is -4.26. The fourth-order valence-electron chi connectivity index (χ4n) is 4.82. The van der Waals surface area contributed by atoms with Crippen molar-refractivity contribution >= 4 is 69.5 Å². The highest BCUT2D eigenvalue weighted by atomic mass is 35.5. The molecule has 0 aliphatic carbocycles. The number of benzene rings is 2. The number of hydrogen-bond acceptors (Lipinski definition) is 13. The highest BCUT2D eigenvalue weighted by molar-refractivity contribution is 8.14. The van der Waals surface area contributed by atoms with Gasteiger partial charge in [-0.1, -0.05) is 77.6 Å². The molecule has 16 heteroatoms. The number of furan rings is 1. The molecular formula is C34H35ClN5O8S2-. The monoisotopic (exact) mass is 740 g/mol. The van der Waals surface area contributed by atoms with Crippen LogP contribution in [0.2, 0.25) is 0 Å². The maximum atomic E-state index is 12.6. The number of carbonyl (C=O) groups excluding carboxylic acids is 5. The first-order valence-corrected chi connectivity index (χ1v) is 17.9. The second kappa shape index (κ2) is 19.7. The number of thioether (sulfide) groups is 2. The fourth-order valence-corrected chi connectivity index (χ4v) is 7.22. The molecule has 50 heavy (non-hydrogen) atoms. The molecule has 1 unspecified atom stereocenters. The van der Waals surface area contributed by atoms with E-state index in [9.17, 15) is 29.1 Å². The van der Waals surface area contributed by atoms with Gasteiger partial charge in [-0.05, 0) is 28.8 Å². The number of Topliss-reactive ketones (excluding diaryl/α,β-unsaturated/α-hetero) is 1. The molecule has 2 aliphatic rings. The Kier molecular flexibility index (Phi) is 15.1. The van der Waals surface area contributed by atoms with Crippen molar-refractivity contribution in [1.29, 1.82) is 0 Å². The van der Waals surface area contributed by atoms with Crippen molar-refractivity contribution in [2.24, 2.45) is 5.16 Å². The minimum absolute atomic E-state index is 0.0121. The number of β-lactam (4-membered cyclic amide) rings is 1. The van der Waals surface area contributed by atoms with E-state index < -0.39 is 46.6 Å². The Labute approximate surface area is 302 Å². The normalized spacial score (nSPS) is 16.8. The van der Waals surface area contributed by atoms with Gasteiger partial charge in [-0.3, -0.25) is 24.1 Å². The zero-order valence-corrected chi connectivity index (χ0v) is 29.4. The number of carbonyl (C=O) groups is 5. The standard InChI is InChI=1S/C18H16ClN3O8S2.C16H20N2/c1-29-21-11(9(23)5-19)14(24)20-12-15(25)22-13(17(26)27)8(6-31-16(12)22)7-32-18(28)10-3-2-4-30-10;1-3-7-15(8-4-1)13-17-11-12-18-14-16-9-5-2-6-10-16/h2-4,12,16H,5-7H2,1H3,(H,20,24)(H,26,27);1-10,17-18H,11-14H2/p-1/t12-,16?;/m1./s1. The molecule has 2 atom stereocenters. The summed E-state index contributed by atoms with van der Waals surface area (Å²) in [5, 5.41) is 23.2. The first-order valence-electron chi connectivity index (χ1n) is 15.3. The number of aliphatic carboxylic acids is 1. The first-order chi connectivity index (χ1) is 24.2. The lowest BCUT2D eigenvalue weighted by Crippen LogP contribution is -2.71. The highest BCUT2D eigenvalue weighted by Crippen LogP contribution is 2.41. The van der Waals surface area contributed by atoms with E-state index in [1.54, 1.807) is 6.07 Å². The molecule has 0 bridgehead atoms. The Bertz CT molecular complexity index is 1650. The van der Waals surface area contributed by atoms with E-state index in [-0.39, 0.29) is 28.1 Å². The number of nitrogens with zero attached hydrogens (tertiary/aromatic N) is 2. The van der Waals surface area contributed by atoms with E-state index in [1.165, 1.54) is 35.2 Å². The number of carboxylic acids is 1. The summed E-state index contributed by atoms with van der Waals surface area (Å²) in [6.45, 7) is 3.85. The van der Waals surface area contributed by atoms with Crippen LogP contribution in [-0.2, 0) is 37.1 Å². The molecule has 3 aromatic rings. The van der Waals surface area contributed by atoms with E-state index in [1.807, 2.05) is 12.1 Å². The zero-order valence-electron chi connectivity index (χ0n) is 27.0. The Morgan fingerprint density at radius 1 is 1.00 bits per heavy atom. The molecular weight excluding hydrogens is 706 g/mol. The number of amides is 2. The SMILES string of the molecule is CON=C(C(=O)CCl)C(=O)N[C@@H]1C(=O)N2C(C(=O)[O-])=C(CSC(=O)c3ccco3)CSC12.c1ccc(CNCCNCc2ccccc2)cc1. The van der Waals surface area contributed by atoms with Crippen molar-refractivity contribution < 1.29 is 38.3 Å². The van der Waals surface area contributed by atoms with Crippen molar-refractivity contribution in [2.45, 2.75) is 24.5 Å². The lowest BCUT2D eigenvalue weighted by molar-refractivity contribution is -0.301. The van der Waals surface area contributed by atoms with Crippen molar-refractivity contribution in [3.63, 3.8) is 0 Å². The summed E-state index contributed by atoms with van der Waals surface area (Å²) in [6.07, 6.45) is 1.34. The number of halogens is 1. The highest BCUT2D eigenvalue weighted by Gasteiger charge is 2.53. The van der Waals surface area contributed by atoms with Gasteiger partial charge in [0.2, 0.25) is 11.5 Å². The summed E-state index contributed by atoms with van der Waals surface area (Å²) in [5.41, 5.74) is 2.04. The van der Waals surface area contributed by atoms with Crippen LogP contribution in [0.4, 0.5) is 0 Å². The number of alkyl halides is 1. The third-order valence-corrected chi connectivity index (χ3v) is 9.77. The molecule has 2 aromatic carbocycles. The molecule has 1 saturated heterocycles. The summed E-state index contributed by atoms with van der Waals surface area (Å²) in [6, 6.07) is 22.9. The fraction of sp³-hybridized carbons (Fsp3) is 0.294. The van der Waals surface area contributed by atoms with Gasteiger partial charge in [0.05, 0.1) is 23.8 Å². The maximum absolute atomic E-state index is 12.6. The molecule has 0 radical (unpaired) electrons. The van der Waals surface area contributed by atoms with Gasteiger partial charge in [0.25, 0.3) is 16.9 Å². The summed E-state index contributed by atoms with van der Waals surface area (Å²) in [4.78, 5) is 66.1. The van der Waals surface area contributed by atoms with Crippen molar-refractivity contribution in [3.05, 3.63) is 107 Å². The average molecular weight is 741 g/mol. The lowest BCUT2D eigenvalue weighted by atomic mass is 10.0. The van der Waals surface area contributed by atoms with Crippen LogP contribution in [0, 0.1) is 0 Å². The molecule has 3 N–H and O–H groups in total. The molecule has 0 spiro atoms. The molecule has 13 nitrogen and oxygen atoms in total. The minimum atomic E-state index is -1.58. The van der Waals surface area contributed by atoms with Crippen LogP contribution >= 0.6 is 35.1 Å². The second-order valence-electron chi connectivity index (χ2n) is 10.7. The van der Waals surface area contributed by atoms with Gasteiger partial charge in [-0.25, -0.2) is 0 Å². The number of nitrogens with one attached hydrogen (secondary N) is 3. The van der Waals surface area contributed by atoms with Crippen LogP contribution in [0.5, 0.6) is 0 Å². The Morgan fingerprint density at radius 3 is 2.14 bits per heavy atom. The largest absolute Gasteiger partial charge is 0.543 e. The van der Waals surface area contributed by atoms with Gasteiger partial charge >= 0.3 is 0 Å². The number of carboxylic acid groups (broad SMARTS) is 1. The molecule has 2 amide bonds. The van der Waals surface area contributed by atoms with Crippen molar-refractivity contribution in [1.82, 2.24) is 20.9 Å². The molecule has 1 fully saturated rings. The minimum Gasteiger partial charge on any atom is -0.543 e. The Hall–Kier alpha value is -4.41. The number of ketones is 1. The van der Waals surface area contributed by atoms with Crippen LogP contribution in [0.15, 0.2) is 99.9 Å². The molecule has 2 aliphatic heterocycles. The molecule has 5 rings (SSSR count). The first kappa shape index (κ1) is 38.4. The zero-order chi connectivity index (χ0) is 35.9. The predicted octanol–water partition coefficient (Wildman–Crippen LogP) is 1.93. The van der Waals surface area contributed by atoms with Crippen molar-refractivity contribution in [2.75, 3.05) is 37.6 Å². The van der Waals surface area contributed by atoms with E-state index in [0.717, 1.165) is 50.0 Å². The number of oxime groups is 1. The van der Waals surface area contributed by atoms with Gasteiger partial charge in [-0.2, -0.15) is 0 Å². The summed E-state index contributed by atoms with van der Waals surface area (Å²) >= 11 is 7.48. The van der Waals surface area contributed by atoms with E-state index >= 15 is 0 Å². The molecule has 0 saturated carbocycles. The smallest absolute Gasteiger partial charge is 0.277 e. The number of fused-ring (bicyclic) bond motifs is 1. The van der Waals surface area contributed by atoms with Gasteiger partial charge in [-0.15, -0.1) is 23.4 Å². The van der Waals surface area contributed by atoms with Gasteiger partial charge in [0, 0.05) is 37.7 Å². The molecule has 3 heterocycles. The van der Waals surface area contributed by atoms with Crippen molar-refractivity contribution in [3.8, 4) is 0 Å². The lowest BCUT2D eigenvalue weighted by Gasteiger charge is -2.50. The maximum Gasteiger partial charge on any atom is 0.277 e. The summed E-state index contributed by atoms with van der Waals surface area (Å²) < 4.78 is 5.01. The van der Waals surface area contributed by atoms with Crippen LogP contribution in [-0.4, -0.2) is 88.3 Å². The van der Waals surface area contributed by atoms with Crippen LogP contribution in [0.3, 0.4) is 0 Å². The van der Waals surface area contributed by atoms with Crippen LogP contribution in [0.25, 0.3) is 0 Å². The summed E-state index contributed by atoms with van der Waals surface area (Å²) in [7, 11) is 1.13. The van der Waals surface area contributed by atoms with Gasteiger partial charge in [0.15, 0.2) is 5.76 Å². The topological polar surface area (TPSA) is 182 Å². The third-order valence-electron chi connectivity index (χ3n) is 7.23. The van der Waals surface area contributed by atoms with Gasteiger partial charge in [0.1, 0.15) is 18.5 Å². The van der Waals surface area contributed by atoms with E-state index in [0.29, 0.717) is 5.57 Å². The molecule has 264 valence electrons. The van der Waals surface area contributed by atoms with E-state index in [4.69, 9.17) is 16.0 Å². The predicted molar refractivity (Wildman–Crippen MR) is 189 cm³/mol. The van der Waals surface area contributed by atoms with Crippen LogP contribution in [0.1, 0.15) is 21.7 Å². The number of rotatable bonds is 16. The third kappa shape index (κ3) is 10.5. The van der Waals surface area contributed by atoms with Crippen LogP contribution < -0.4 is 21.1 Å². The second-order valence-corrected chi connectivity index (χ2v) is 13.0.